The summed E-state index contributed by atoms with van der Waals surface area (Å²) in [5.41, 5.74) is 0.430. The first-order valence-corrected chi connectivity index (χ1v) is 5.94. The number of carbonyl (C=O) groups is 1. The van der Waals surface area contributed by atoms with E-state index in [0.29, 0.717) is 11.1 Å². The van der Waals surface area contributed by atoms with Gasteiger partial charge in [0.25, 0.3) is 11.6 Å². The van der Waals surface area contributed by atoms with Gasteiger partial charge in [0, 0.05) is 29.1 Å². The van der Waals surface area contributed by atoms with Crippen molar-refractivity contribution in [2.75, 3.05) is 5.88 Å². The van der Waals surface area contributed by atoms with Gasteiger partial charge in [0.05, 0.1) is 4.92 Å². The van der Waals surface area contributed by atoms with E-state index >= 15 is 0 Å². The van der Waals surface area contributed by atoms with E-state index in [-0.39, 0.29) is 17.5 Å². The van der Waals surface area contributed by atoms with Crippen LogP contribution < -0.4 is 5.32 Å². The molecule has 5 nitrogen and oxygen atoms in total. The van der Waals surface area contributed by atoms with Gasteiger partial charge in [0.1, 0.15) is 0 Å². The summed E-state index contributed by atoms with van der Waals surface area (Å²) >= 11 is 5.73. The molecule has 1 rings (SSSR count). The minimum absolute atomic E-state index is 0.0272. The van der Waals surface area contributed by atoms with Crippen LogP contribution in [0.4, 0.5) is 5.69 Å². The van der Waals surface area contributed by atoms with Crippen LogP contribution >= 0.6 is 11.6 Å². The number of non-ortho nitro benzene ring substituents is 1. The molecule has 1 aromatic rings. The molecule has 0 saturated carbocycles. The lowest BCUT2D eigenvalue weighted by Crippen LogP contribution is -2.45. The van der Waals surface area contributed by atoms with E-state index in [1.165, 1.54) is 18.2 Å². The molecule has 0 aliphatic carbocycles. The molecule has 0 spiro atoms. The van der Waals surface area contributed by atoms with E-state index in [4.69, 9.17) is 11.6 Å². The molecular weight excluding hydrogens is 256 g/mol. The molecule has 0 bridgehead atoms. The van der Waals surface area contributed by atoms with Crippen molar-refractivity contribution in [2.24, 2.45) is 0 Å². The van der Waals surface area contributed by atoms with Crippen molar-refractivity contribution in [3.05, 3.63) is 39.4 Å². The van der Waals surface area contributed by atoms with Crippen molar-refractivity contribution < 1.29 is 9.72 Å². The number of carbonyl (C=O) groups excluding carboxylic acids is 1. The number of halogens is 1. The van der Waals surface area contributed by atoms with E-state index in [1.54, 1.807) is 20.8 Å². The van der Waals surface area contributed by atoms with Gasteiger partial charge in [-0.2, -0.15) is 0 Å². The maximum atomic E-state index is 12.0. The molecule has 1 amide bonds. The Kier molecular flexibility index (Phi) is 4.29. The standard InChI is InChI=1S/C12H15ClN2O3/c1-8-6-9(15(17)18)4-5-10(8)11(16)14-12(2,3)7-13/h4-6H,7H2,1-3H3,(H,14,16). The van der Waals surface area contributed by atoms with Crippen LogP contribution in [0.15, 0.2) is 18.2 Å². The van der Waals surface area contributed by atoms with Crippen molar-refractivity contribution in [2.45, 2.75) is 26.3 Å². The molecule has 0 saturated heterocycles. The number of nitrogens with one attached hydrogen (secondary N) is 1. The smallest absolute Gasteiger partial charge is 0.269 e. The fourth-order valence-corrected chi connectivity index (χ4v) is 1.49. The summed E-state index contributed by atoms with van der Waals surface area (Å²) in [7, 11) is 0. The van der Waals surface area contributed by atoms with Gasteiger partial charge in [0.15, 0.2) is 0 Å². The largest absolute Gasteiger partial charge is 0.346 e. The highest BCUT2D eigenvalue weighted by molar-refractivity contribution is 6.18. The number of hydrogen-bond donors (Lipinski definition) is 1. The van der Waals surface area contributed by atoms with E-state index in [9.17, 15) is 14.9 Å². The Morgan fingerprint density at radius 2 is 2.11 bits per heavy atom. The number of hydrogen-bond acceptors (Lipinski definition) is 3. The molecule has 0 fully saturated rings. The Morgan fingerprint density at radius 1 is 1.50 bits per heavy atom. The minimum Gasteiger partial charge on any atom is -0.346 e. The van der Waals surface area contributed by atoms with Crippen molar-refractivity contribution in [1.82, 2.24) is 5.32 Å². The molecule has 0 unspecified atom stereocenters. The predicted molar refractivity (Wildman–Crippen MR) is 70.1 cm³/mol. The number of aryl methyl sites for hydroxylation is 1. The Labute approximate surface area is 110 Å². The van der Waals surface area contributed by atoms with Crippen LogP contribution in [0.1, 0.15) is 29.8 Å². The zero-order valence-electron chi connectivity index (χ0n) is 10.5. The van der Waals surface area contributed by atoms with Crippen molar-refractivity contribution in [1.29, 1.82) is 0 Å². The molecule has 6 heteroatoms. The molecule has 0 aliphatic rings. The van der Waals surface area contributed by atoms with Crippen LogP contribution in [0, 0.1) is 17.0 Å². The lowest BCUT2D eigenvalue weighted by Gasteiger charge is -2.23. The van der Waals surface area contributed by atoms with Crippen LogP contribution in [0.2, 0.25) is 0 Å². The number of nitrogens with zero attached hydrogens (tertiary/aromatic N) is 1. The summed E-state index contributed by atoms with van der Waals surface area (Å²) in [5, 5.41) is 13.4. The highest BCUT2D eigenvalue weighted by atomic mass is 35.5. The van der Waals surface area contributed by atoms with Gasteiger partial charge in [-0.25, -0.2) is 0 Å². The van der Waals surface area contributed by atoms with E-state index < -0.39 is 10.5 Å². The summed E-state index contributed by atoms with van der Waals surface area (Å²) in [6.45, 7) is 5.27. The Bertz CT molecular complexity index is 486. The minimum atomic E-state index is -0.521. The number of alkyl halides is 1. The van der Waals surface area contributed by atoms with E-state index in [0.717, 1.165) is 0 Å². The molecular formula is C12H15ClN2O3. The Hall–Kier alpha value is -1.62. The molecule has 0 aliphatic heterocycles. The first-order chi connectivity index (χ1) is 8.26. The van der Waals surface area contributed by atoms with Crippen LogP contribution in [-0.4, -0.2) is 22.2 Å². The summed E-state index contributed by atoms with van der Waals surface area (Å²) < 4.78 is 0. The third-order valence-electron chi connectivity index (χ3n) is 2.45. The number of rotatable bonds is 4. The molecule has 0 heterocycles. The van der Waals surface area contributed by atoms with Crippen molar-refractivity contribution >= 4 is 23.2 Å². The van der Waals surface area contributed by atoms with Crippen LogP contribution in [0.25, 0.3) is 0 Å². The number of benzene rings is 1. The van der Waals surface area contributed by atoms with Gasteiger partial charge >= 0.3 is 0 Å². The van der Waals surface area contributed by atoms with Gasteiger partial charge in [-0.1, -0.05) is 0 Å². The lowest BCUT2D eigenvalue weighted by atomic mass is 10.0. The number of amides is 1. The first-order valence-electron chi connectivity index (χ1n) is 5.40. The SMILES string of the molecule is Cc1cc([N+](=O)[O-])ccc1C(=O)NC(C)(C)CCl. The van der Waals surface area contributed by atoms with E-state index in [1.807, 2.05) is 0 Å². The molecule has 0 radical (unpaired) electrons. The zero-order valence-corrected chi connectivity index (χ0v) is 11.2. The van der Waals surface area contributed by atoms with Crippen LogP contribution in [0.5, 0.6) is 0 Å². The third kappa shape index (κ3) is 3.43. The summed E-state index contributed by atoms with van der Waals surface area (Å²) in [6, 6.07) is 4.14. The first kappa shape index (κ1) is 14.4. The van der Waals surface area contributed by atoms with Crippen LogP contribution in [0.3, 0.4) is 0 Å². The van der Waals surface area contributed by atoms with Gasteiger partial charge in [-0.05, 0) is 32.4 Å². The second-order valence-corrected chi connectivity index (χ2v) is 5.00. The second kappa shape index (κ2) is 5.35. The highest BCUT2D eigenvalue weighted by Gasteiger charge is 2.21. The molecule has 0 atom stereocenters. The van der Waals surface area contributed by atoms with Crippen molar-refractivity contribution in [3.63, 3.8) is 0 Å². The molecule has 98 valence electrons. The quantitative estimate of drug-likeness (QED) is 0.519. The van der Waals surface area contributed by atoms with Gasteiger partial charge in [-0.15, -0.1) is 11.6 Å². The molecule has 1 aromatic carbocycles. The fourth-order valence-electron chi connectivity index (χ4n) is 1.42. The number of nitro benzene ring substituents is 1. The summed E-state index contributed by atoms with van der Waals surface area (Å²) in [4.78, 5) is 22.1. The van der Waals surface area contributed by atoms with Gasteiger partial charge < -0.3 is 5.32 Å². The molecule has 18 heavy (non-hydrogen) atoms. The summed E-state index contributed by atoms with van der Waals surface area (Å²) in [6.07, 6.45) is 0. The zero-order chi connectivity index (χ0) is 13.9. The monoisotopic (exact) mass is 270 g/mol. The average Bonchev–Trinajstić information content (AvgIpc) is 2.28. The predicted octanol–water partition coefficient (Wildman–Crippen LogP) is 2.65. The highest BCUT2D eigenvalue weighted by Crippen LogP contribution is 2.18. The van der Waals surface area contributed by atoms with Crippen LogP contribution in [-0.2, 0) is 0 Å². The maximum absolute atomic E-state index is 12.0. The number of nitro groups is 1. The fraction of sp³-hybridized carbons (Fsp3) is 0.417. The second-order valence-electron chi connectivity index (χ2n) is 4.73. The topological polar surface area (TPSA) is 72.2 Å². The Balaban J connectivity index is 2.97. The average molecular weight is 271 g/mol. The van der Waals surface area contributed by atoms with Crippen molar-refractivity contribution in [3.8, 4) is 0 Å². The van der Waals surface area contributed by atoms with Gasteiger partial charge in [0.2, 0.25) is 0 Å². The van der Waals surface area contributed by atoms with E-state index in [2.05, 4.69) is 5.32 Å². The summed E-state index contributed by atoms with van der Waals surface area (Å²) in [5.74, 6) is -0.00171. The maximum Gasteiger partial charge on any atom is 0.269 e. The van der Waals surface area contributed by atoms with Gasteiger partial charge in [-0.3, -0.25) is 14.9 Å². The third-order valence-corrected chi connectivity index (χ3v) is 3.12. The lowest BCUT2D eigenvalue weighted by molar-refractivity contribution is -0.384. The molecule has 0 aromatic heterocycles. The molecule has 1 N–H and O–H groups in total. The Morgan fingerprint density at radius 3 is 2.56 bits per heavy atom. The normalized spacial score (nSPS) is 11.1.